The van der Waals surface area contributed by atoms with Crippen molar-refractivity contribution in [3.05, 3.63) is 43.6 Å². The Kier molecular flexibility index (Phi) is 5.03. The first-order valence-electron chi connectivity index (χ1n) is 5.85. The Morgan fingerprint density at radius 3 is 2.68 bits per heavy atom. The number of carbonyl (C=O) groups excluding carboxylic acids is 2. The average Bonchev–Trinajstić information content (AvgIpc) is 2.86. The zero-order valence-electron chi connectivity index (χ0n) is 11.1. The number of rotatable bonds is 4. The van der Waals surface area contributed by atoms with Crippen molar-refractivity contribution in [2.75, 3.05) is 10.6 Å². The summed E-state index contributed by atoms with van der Waals surface area (Å²) in [6.07, 6.45) is 1.07. The zero-order valence-corrected chi connectivity index (χ0v) is 14.1. The minimum Gasteiger partial charge on any atom is -0.326 e. The molecule has 0 saturated carbocycles. The third kappa shape index (κ3) is 3.98. The molecule has 22 heavy (non-hydrogen) atoms. The highest BCUT2D eigenvalue weighted by molar-refractivity contribution is 14.1. The second kappa shape index (κ2) is 6.79. The molecule has 1 aromatic carbocycles. The molecule has 0 saturated heterocycles. The number of aromatic nitrogens is 1. The quantitative estimate of drug-likeness (QED) is 0.438. The zero-order chi connectivity index (χ0) is 16.3. The Morgan fingerprint density at radius 2 is 2.09 bits per heavy atom. The molecule has 1 heterocycles. The van der Waals surface area contributed by atoms with Gasteiger partial charge in [0, 0.05) is 10.5 Å². The number of anilines is 2. The fourth-order valence-corrected chi connectivity index (χ4v) is 2.70. The van der Waals surface area contributed by atoms with Gasteiger partial charge in [0.25, 0.3) is 5.91 Å². The summed E-state index contributed by atoms with van der Waals surface area (Å²) in [7, 11) is 0. The lowest BCUT2D eigenvalue weighted by molar-refractivity contribution is -0.380. The molecule has 0 aliphatic heterocycles. The van der Waals surface area contributed by atoms with Crippen molar-refractivity contribution in [1.29, 1.82) is 0 Å². The first-order chi connectivity index (χ1) is 10.4. The van der Waals surface area contributed by atoms with Crippen molar-refractivity contribution in [3.8, 4) is 0 Å². The SMILES string of the molecule is CC(=O)Nc1cc(I)ccc1C(=O)Nc1ncc([N+](=O)[O-])s1. The number of benzene rings is 1. The maximum atomic E-state index is 12.2. The van der Waals surface area contributed by atoms with Gasteiger partial charge in [-0.15, -0.1) is 0 Å². The lowest BCUT2D eigenvalue weighted by Crippen LogP contribution is -2.16. The first-order valence-corrected chi connectivity index (χ1v) is 7.75. The van der Waals surface area contributed by atoms with E-state index in [1.165, 1.54) is 6.92 Å². The molecule has 0 fully saturated rings. The van der Waals surface area contributed by atoms with Crippen molar-refractivity contribution in [1.82, 2.24) is 4.98 Å². The molecule has 2 rings (SSSR count). The van der Waals surface area contributed by atoms with Crippen LogP contribution in [-0.2, 0) is 4.79 Å². The summed E-state index contributed by atoms with van der Waals surface area (Å²) in [5.41, 5.74) is 0.608. The van der Waals surface area contributed by atoms with Crippen molar-refractivity contribution in [2.45, 2.75) is 6.92 Å². The third-order valence-corrected chi connectivity index (χ3v) is 3.97. The summed E-state index contributed by atoms with van der Waals surface area (Å²) in [5, 5.41) is 15.6. The van der Waals surface area contributed by atoms with Crippen LogP contribution in [0.15, 0.2) is 24.4 Å². The lowest BCUT2D eigenvalue weighted by atomic mass is 10.1. The Bertz CT molecular complexity index is 761. The normalized spacial score (nSPS) is 10.1. The van der Waals surface area contributed by atoms with E-state index in [1.807, 2.05) is 0 Å². The Morgan fingerprint density at radius 1 is 1.36 bits per heavy atom. The lowest BCUT2D eigenvalue weighted by Gasteiger charge is -2.09. The summed E-state index contributed by atoms with van der Waals surface area (Å²) in [4.78, 5) is 37.2. The van der Waals surface area contributed by atoms with Gasteiger partial charge in [-0.25, -0.2) is 4.98 Å². The molecule has 0 atom stereocenters. The molecule has 0 unspecified atom stereocenters. The van der Waals surface area contributed by atoms with E-state index in [4.69, 9.17) is 0 Å². The van der Waals surface area contributed by atoms with Crippen LogP contribution in [0.5, 0.6) is 0 Å². The summed E-state index contributed by atoms with van der Waals surface area (Å²) in [6, 6.07) is 4.93. The largest absolute Gasteiger partial charge is 0.345 e. The van der Waals surface area contributed by atoms with Crippen LogP contribution in [0, 0.1) is 13.7 Å². The monoisotopic (exact) mass is 432 g/mol. The molecule has 2 N–H and O–H groups in total. The second-order valence-electron chi connectivity index (χ2n) is 4.09. The van der Waals surface area contributed by atoms with Crippen molar-refractivity contribution >= 4 is 61.6 Å². The van der Waals surface area contributed by atoms with Gasteiger partial charge in [-0.3, -0.25) is 25.0 Å². The van der Waals surface area contributed by atoms with Crippen molar-refractivity contribution < 1.29 is 14.5 Å². The number of nitro groups is 1. The summed E-state index contributed by atoms with van der Waals surface area (Å²) < 4.78 is 0.850. The first kappa shape index (κ1) is 16.3. The highest BCUT2D eigenvalue weighted by atomic mass is 127. The van der Waals surface area contributed by atoms with Crippen LogP contribution in [0.3, 0.4) is 0 Å². The number of nitrogens with one attached hydrogen (secondary N) is 2. The van der Waals surface area contributed by atoms with E-state index >= 15 is 0 Å². The van der Waals surface area contributed by atoms with Gasteiger partial charge in [-0.1, -0.05) is 0 Å². The number of hydrogen-bond donors (Lipinski definition) is 2. The fourth-order valence-electron chi connectivity index (χ4n) is 1.58. The minimum atomic E-state index is -0.582. The molecule has 2 amide bonds. The number of thiazole rings is 1. The van der Waals surface area contributed by atoms with Gasteiger partial charge in [-0.05, 0) is 52.1 Å². The van der Waals surface area contributed by atoms with Gasteiger partial charge in [0.2, 0.25) is 5.91 Å². The average molecular weight is 432 g/mol. The van der Waals surface area contributed by atoms with E-state index in [2.05, 4.69) is 38.2 Å². The highest BCUT2D eigenvalue weighted by Gasteiger charge is 2.17. The standard InChI is InChI=1S/C12H9IN4O4S/c1-6(18)15-9-4-7(13)2-3-8(9)11(19)16-12-14-5-10(22-12)17(20)21/h2-5H,1H3,(H,15,18)(H,14,16,19). The van der Waals surface area contributed by atoms with Crippen LogP contribution < -0.4 is 10.6 Å². The highest BCUT2D eigenvalue weighted by Crippen LogP contribution is 2.26. The second-order valence-corrected chi connectivity index (χ2v) is 6.34. The van der Waals surface area contributed by atoms with Crippen LogP contribution in [0.25, 0.3) is 0 Å². The van der Waals surface area contributed by atoms with Gasteiger partial charge in [0.1, 0.15) is 6.20 Å². The number of halogens is 1. The predicted molar refractivity (Wildman–Crippen MR) is 90.2 cm³/mol. The van der Waals surface area contributed by atoms with Crippen LogP contribution in [0.2, 0.25) is 0 Å². The van der Waals surface area contributed by atoms with Crippen LogP contribution >= 0.6 is 33.9 Å². The Hall–Kier alpha value is -2.08. The Balaban J connectivity index is 2.24. The molecule has 114 valence electrons. The van der Waals surface area contributed by atoms with E-state index in [1.54, 1.807) is 18.2 Å². The molecular weight excluding hydrogens is 423 g/mol. The molecule has 2 aromatic rings. The topological polar surface area (TPSA) is 114 Å². The number of amides is 2. The van der Waals surface area contributed by atoms with Gasteiger partial charge >= 0.3 is 5.00 Å². The smallest absolute Gasteiger partial charge is 0.326 e. The van der Waals surface area contributed by atoms with E-state index in [-0.39, 0.29) is 21.6 Å². The molecular formula is C12H9IN4O4S. The van der Waals surface area contributed by atoms with Crippen molar-refractivity contribution in [3.63, 3.8) is 0 Å². The molecule has 1 aromatic heterocycles. The van der Waals surface area contributed by atoms with Crippen LogP contribution in [0.4, 0.5) is 15.8 Å². The maximum absolute atomic E-state index is 12.2. The van der Waals surface area contributed by atoms with E-state index < -0.39 is 10.8 Å². The van der Waals surface area contributed by atoms with Gasteiger partial charge in [0.15, 0.2) is 5.13 Å². The molecule has 0 aliphatic carbocycles. The predicted octanol–water partition coefficient (Wildman–Crippen LogP) is 2.87. The molecule has 8 nitrogen and oxygen atoms in total. The summed E-state index contributed by atoms with van der Waals surface area (Å²) >= 11 is 2.81. The summed E-state index contributed by atoms with van der Waals surface area (Å²) in [6.45, 7) is 1.34. The van der Waals surface area contributed by atoms with E-state index in [9.17, 15) is 19.7 Å². The van der Waals surface area contributed by atoms with Gasteiger partial charge < -0.3 is 5.32 Å². The number of hydrogen-bond acceptors (Lipinski definition) is 6. The van der Waals surface area contributed by atoms with E-state index in [0.717, 1.165) is 21.1 Å². The van der Waals surface area contributed by atoms with Crippen LogP contribution in [0.1, 0.15) is 17.3 Å². The molecule has 0 aliphatic rings. The number of nitrogens with zero attached hydrogens (tertiary/aromatic N) is 2. The van der Waals surface area contributed by atoms with E-state index in [0.29, 0.717) is 5.69 Å². The molecule has 0 radical (unpaired) electrons. The van der Waals surface area contributed by atoms with Gasteiger partial charge in [0.05, 0.1) is 16.2 Å². The molecule has 10 heteroatoms. The minimum absolute atomic E-state index is 0.115. The van der Waals surface area contributed by atoms with Gasteiger partial charge in [-0.2, -0.15) is 0 Å². The molecule has 0 bridgehead atoms. The van der Waals surface area contributed by atoms with Crippen LogP contribution in [-0.4, -0.2) is 21.7 Å². The Labute approximate surface area is 142 Å². The van der Waals surface area contributed by atoms with Crippen molar-refractivity contribution in [2.24, 2.45) is 0 Å². The third-order valence-electron chi connectivity index (χ3n) is 2.43. The number of carbonyl (C=O) groups is 2. The maximum Gasteiger partial charge on any atom is 0.345 e. The summed E-state index contributed by atoms with van der Waals surface area (Å²) in [5.74, 6) is -0.815. The fraction of sp³-hybridized carbons (Fsp3) is 0.0833. The molecule has 0 spiro atoms.